The van der Waals surface area contributed by atoms with Crippen molar-refractivity contribution in [1.82, 2.24) is 0 Å². The molecule has 0 radical (unpaired) electrons. The summed E-state index contributed by atoms with van der Waals surface area (Å²) in [5.74, 6) is 0.702. The molecule has 1 rings (SSSR count). The fourth-order valence-electron chi connectivity index (χ4n) is 1.75. The Balaban J connectivity index is 2.92. The van der Waals surface area contributed by atoms with E-state index in [-0.39, 0.29) is 12.0 Å². The summed E-state index contributed by atoms with van der Waals surface area (Å²) in [6.45, 7) is 5.86. The Labute approximate surface area is 120 Å². The van der Waals surface area contributed by atoms with Crippen molar-refractivity contribution in [3.63, 3.8) is 0 Å². The van der Waals surface area contributed by atoms with Gasteiger partial charge in [0.15, 0.2) is 17.6 Å². The minimum atomic E-state index is -0.634. The predicted molar refractivity (Wildman–Crippen MR) is 76.9 cm³/mol. The van der Waals surface area contributed by atoms with E-state index in [1.807, 2.05) is 26.0 Å². The molecule has 1 aromatic carbocycles. The summed E-state index contributed by atoms with van der Waals surface area (Å²) < 4.78 is 16.0. The van der Waals surface area contributed by atoms with E-state index >= 15 is 0 Å². The van der Waals surface area contributed by atoms with Crippen LogP contribution in [0.3, 0.4) is 0 Å². The average Bonchev–Trinajstić information content (AvgIpc) is 2.44. The summed E-state index contributed by atoms with van der Waals surface area (Å²) in [5.41, 5.74) is 6.78. The van der Waals surface area contributed by atoms with Gasteiger partial charge in [0, 0.05) is 6.04 Å². The van der Waals surface area contributed by atoms with E-state index in [4.69, 9.17) is 19.9 Å². The van der Waals surface area contributed by atoms with Crippen molar-refractivity contribution in [2.24, 2.45) is 5.73 Å². The van der Waals surface area contributed by atoms with Crippen molar-refractivity contribution in [1.29, 1.82) is 0 Å². The fourth-order valence-corrected chi connectivity index (χ4v) is 1.75. The number of nitrogens with two attached hydrogens (primary N) is 1. The zero-order chi connectivity index (χ0) is 15.1. The highest BCUT2D eigenvalue weighted by atomic mass is 16.6. The van der Waals surface area contributed by atoms with Crippen LogP contribution >= 0.6 is 0 Å². The zero-order valence-electron chi connectivity index (χ0n) is 12.5. The molecule has 2 unspecified atom stereocenters. The van der Waals surface area contributed by atoms with Crippen LogP contribution in [0.4, 0.5) is 0 Å². The molecule has 1 aromatic rings. The van der Waals surface area contributed by atoms with Crippen LogP contribution in [0.1, 0.15) is 38.8 Å². The zero-order valence-corrected chi connectivity index (χ0v) is 12.5. The van der Waals surface area contributed by atoms with Crippen molar-refractivity contribution in [3.05, 3.63) is 23.8 Å². The van der Waals surface area contributed by atoms with Crippen molar-refractivity contribution in [2.75, 3.05) is 13.7 Å². The number of ether oxygens (including phenoxy) is 3. The predicted octanol–water partition coefficient (Wildman–Crippen LogP) is 2.44. The number of rotatable bonds is 7. The minimum absolute atomic E-state index is 0.0926. The Kier molecular flexibility index (Phi) is 6.31. The third kappa shape index (κ3) is 4.13. The minimum Gasteiger partial charge on any atom is -0.493 e. The number of hydrogen-bond acceptors (Lipinski definition) is 5. The molecule has 112 valence electrons. The summed E-state index contributed by atoms with van der Waals surface area (Å²) in [6.07, 6.45) is -0.109. The van der Waals surface area contributed by atoms with Crippen LogP contribution in [-0.4, -0.2) is 25.8 Å². The highest BCUT2D eigenvalue weighted by Crippen LogP contribution is 2.31. The molecule has 0 aliphatic heterocycles. The lowest BCUT2D eigenvalue weighted by molar-refractivity contribution is -0.151. The van der Waals surface area contributed by atoms with E-state index in [0.717, 1.165) is 5.56 Å². The molecule has 5 heteroatoms. The van der Waals surface area contributed by atoms with Gasteiger partial charge in [-0.2, -0.15) is 0 Å². The summed E-state index contributed by atoms with van der Waals surface area (Å²) in [6, 6.07) is 5.35. The number of esters is 1. The highest BCUT2D eigenvalue weighted by molar-refractivity contribution is 5.75. The van der Waals surface area contributed by atoms with Gasteiger partial charge in [0.2, 0.25) is 0 Å². The second kappa shape index (κ2) is 7.75. The Morgan fingerprint density at radius 2 is 2.00 bits per heavy atom. The third-order valence-electron chi connectivity index (χ3n) is 2.90. The number of hydrogen-bond donors (Lipinski definition) is 1. The number of methoxy groups -OCH3 is 1. The molecule has 20 heavy (non-hydrogen) atoms. The molecule has 0 fully saturated rings. The standard InChI is InChI=1S/C15H23NO4/c1-5-12(15(17)19-6-2)20-13-8-7-11(10(3)16)9-14(13)18-4/h7-10,12H,5-6,16H2,1-4H3. The van der Waals surface area contributed by atoms with Gasteiger partial charge in [-0.05, 0) is 38.0 Å². The molecule has 0 amide bonds. The molecule has 2 N–H and O–H groups in total. The van der Waals surface area contributed by atoms with E-state index in [2.05, 4.69) is 0 Å². The van der Waals surface area contributed by atoms with E-state index in [0.29, 0.717) is 24.5 Å². The van der Waals surface area contributed by atoms with Crippen molar-refractivity contribution in [2.45, 2.75) is 39.3 Å². The van der Waals surface area contributed by atoms with Gasteiger partial charge in [-0.3, -0.25) is 0 Å². The topological polar surface area (TPSA) is 70.8 Å². The van der Waals surface area contributed by atoms with Gasteiger partial charge in [-0.25, -0.2) is 4.79 Å². The molecular weight excluding hydrogens is 258 g/mol. The fraction of sp³-hybridized carbons (Fsp3) is 0.533. The van der Waals surface area contributed by atoms with E-state index in [9.17, 15) is 4.79 Å². The molecule has 5 nitrogen and oxygen atoms in total. The van der Waals surface area contributed by atoms with Crippen LogP contribution in [0.15, 0.2) is 18.2 Å². The molecule has 0 aliphatic carbocycles. The van der Waals surface area contributed by atoms with E-state index < -0.39 is 6.10 Å². The smallest absolute Gasteiger partial charge is 0.347 e. The van der Waals surface area contributed by atoms with E-state index in [1.54, 1.807) is 20.1 Å². The van der Waals surface area contributed by atoms with E-state index in [1.165, 1.54) is 0 Å². The Bertz CT molecular complexity index is 445. The quantitative estimate of drug-likeness (QED) is 0.777. The van der Waals surface area contributed by atoms with Gasteiger partial charge < -0.3 is 19.9 Å². The van der Waals surface area contributed by atoms with Gasteiger partial charge in [-0.15, -0.1) is 0 Å². The van der Waals surface area contributed by atoms with Gasteiger partial charge in [-0.1, -0.05) is 13.0 Å². The Morgan fingerprint density at radius 3 is 2.50 bits per heavy atom. The summed E-state index contributed by atoms with van der Waals surface area (Å²) >= 11 is 0. The lowest BCUT2D eigenvalue weighted by Gasteiger charge is -2.19. The van der Waals surface area contributed by atoms with Crippen LogP contribution in [-0.2, 0) is 9.53 Å². The highest BCUT2D eigenvalue weighted by Gasteiger charge is 2.21. The van der Waals surface area contributed by atoms with Gasteiger partial charge in [0.1, 0.15) is 0 Å². The molecule has 0 saturated carbocycles. The van der Waals surface area contributed by atoms with Crippen molar-refractivity contribution >= 4 is 5.97 Å². The Morgan fingerprint density at radius 1 is 1.30 bits per heavy atom. The Hall–Kier alpha value is -1.75. The van der Waals surface area contributed by atoms with Crippen molar-refractivity contribution < 1.29 is 19.0 Å². The maximum atomic E-state index is 11.7. The van der Waals surface area contributed by atoms with Crippen LogP contribution in [0.25, 0.3) is 0 Å². The normalized spacial score (nSPS) is 13.4. The number of carbonyl (C=O) groups is 1. The molecule has 0 aliphatic rings. The molecule has 0 bridgehead atoms. The molecule has 0 heterocycles. The monoisotopic (exact) mass is 281 g/mol. The molecule has 0 saturated heterocycles. The first-order valence-corrected chi connectivity index (χ1v) is 6.80. The van der Waals surface area contributed by atoms with Crippen LogP contribution < -0.4 is 15.2 Å². The third-order valence-corrected chi connectivity index (χ3v) is 2.90. The summed E-state index contributed by atoms with van der Waals surface area (Å²) in [4.78, 5) is 11.7. The van der Waals surface area contributed by atoms with Crippen LogP contribution in [0.5, 0.6) is 11.5 Å². The second-order valence-corrected chi connectivity index (χ2v) is 4.47. The SMILES string of the molecule is CCOC(=O)C(CC)Oc1ccc(C(C)N)cc1OC. The largest absolute Gasteiger partial charge is 0.493 e. The molecule has 2 atom stereocenters. The maximum absolute atomic E-state index is 11.7. The van der Waals surface area contributed by atoms with Gasteiger partial charge in [0.05, 0.1) is 13.7 Å². The number of carbonyl (C=O) groups excluding carboxylic acids is 1. The lowest BCUT2D eigenvalue weighted by Crippen LogP contribution is -2.28. The first-order valence-electron chi connectivity index (χ1n) is 6.80. The molecule has 0 spiro atoms. The first-order chi connectivity index (χ1) is 9.53. The summed E-state index contributed by atoms with van der Waals surface area (Å²) in [7, 11) is 1.55. The molecule has 0 aromatic heterocycles. The lowest BCUT2D eigenvalue weighted by atomic mass is 10.1. The van der Waals surface area contributed by atoms with Crippen molar-refractivity contribution in [3.8, 4) is 11.5 Å². The summed E-state index contributed by atoms with van der Waals surface area (Å²) in [5, 5.41) is 0. The van der Waals surface area contributed by atoms with Crippen LogP contribution in [0, 0.1) is 0 Å². The van der Waals surface area contributed by atoms with Gasteiger partial charge >= 0.3 is 5.97 Å². The maximum Gasteiger partial charge on any atom is 0.347 e. The average molecular weight is 281 g/mol. The molecular formula is C15H23NO4. The second-order valence-electron chi connectivity index (χ2n) is 4.47. The van der Waals surface area contributed by atoms with Crippen LogP contribution in [0.2, 0.25) is 0 Å². The number of benzene rings is 1. The van der Waals surface area contributed by atoms with Gasteiger partial charge in [0.25, 0.3) is 0 Å². The first kappa shape index (κ1) is 16.3.